The van der Waals surface area contributed by atoms with Crippen molar-refractivity contribution in [3.8, 4) is 5.75 Å². The number of likely N-dealkylation sites (tertiary alicyclic amines) is 1. The number of ether oxygens (including phenoxy) is 1. The fourth-order valence-corrected chi connectivity index (χ4v) is 4.21. The lowest BCUT2D eigenvalue weighted by molar-refractivity contribution is -0.389. The number of nitrogens with one attached hydrogen (secondary N) is 1. The first-order valence-corrected chi connectivity index (χ1v) is 10.1. The Kier molecular flexibility index (Phi) is 5.43. The second-order valence-corrected chi connectivity index (χ2v) is 7.66. The first-order chi connectivity index (χ1) is 14.5. The van der Waals surface area contributed by atoms with E-state index in [9.17, 15) is 14.9 Å². The molecular weight excluding hydrogens is 386 g/mol. The van der Waals surface area contributed by atoms with Crippen LogP contribution in [-0.4, -0.2) is 50.5 Å². The molecule has 0 aliphatic carbocycles. The number of rotatable bonds is 6. The molecule has 9 nitrogen and oxygen atoms in total. The monoisotopic (exact) mass is 411 g/mol. The predicted molar refractivity (Wildman–Crippen MR) is 112 cm³/mol. The van der Waals surface area contributed by atoms with Gasteiger partial charge in [-0.3, -0.25) is 4.79 Å². The molecule has 1 aliphatic rings. The summed E-state index contributed by atoms with van der Waals surface area (Å²) < 4.78 is 7.03. The molecular formula is C21H25N5O4. The Hall–Kier alpha value is -3.36. The molecule has 1 amide bonds. The number of aromatic nitrogens is 3. The average Bonchev–Trinajstić information content (AvgIpc) is 3.35. The SMILES string of the molecule is COc1ccc2[nH]cc(C3CCN(C(=O)CCn4cc([N+](=O)[O-])nc4C)CC3)c2c1. The summed E-state index contributed by atoms with van der Waals surface area (Å²) in [6, 6.07) is 6.03. The van der Waals surface area contributed by atoms with Crippen LogP contribution in [-0.2, 0) is 11.3 Å². The highest BCUT2D eigenvalue weighted by molar-refractivity contribution is 5.85. The van der Waals surface area contributed by atoms with Crippen molar-refractivity contribution < 1.29 is 14.5 Å². The average molecular weight is 411 g/mol. The number of aryl methyl sites for hydroxylation is 2. The number of H-pyrrole nitrogens is 1. The summed E-state index contributed by atoms with van der Waals surface area (Å²) in [5.74, 6) is 1.67. The maximum atomic E-state index is 12.6. The van der Waals surface area contributed by atoms with E-state index in [4.69, 9.17) is 4.74 Å². The molecule has 3 aromatic rings. The Morgan fingerprint density at radius 1 is 1.37 bits per heavy atom. The lowest BCUT2D eigenvalue weighted by Gasteiger charge is -2.32. The molecule has 1 aromatic carbocycles. The number of carbonyl (C=O) groups is 1. The first kappa shape index (κ1) is 19.9. The number of carbonyl (C=O) groups excluding carboxylic acids is 1. The lowest BCUT2D eigenvalue weighted by Crippen LogP contribution is -2.38. The number of piperidine rings is 1. The van der Waals surface area contributed by atoms with Crippen molar-refractivity contribution >= 4 is 22.6 Å². The van der Waals surface area contributed by atoms with Gasteiger partial charge >= 0.3 is 5.82 Å². The van der Waals surface area contributed by atoms with Crippen LogP contribution in [0.4, 0.5) is 5.82 Å². The maximum Gasteiger partial charge on any atom is 0.381 e. The third kappa shape index (κ3) is 3.87. The van der Waals surface area contributed by atoms with Crippen LogP contribution in [0.1, 0.15) is 36.6 Å². The third-order valence-corrected chi connectivity index (χ3v) is 5.93. The molecule has 0 radical (unpaired) electrons. The summed E-state index contributed by atoms with van der Waals surface area (Å²) in [7, 11) is 1.67. The van der Waals surface area contributed by atoms with Crippen molar-refractivity contribution in [1.29, 1.82) is 0 Å². The highest BCUT2D eigenvalue weighted by Crippen LogP contribution is 2.34. The van der Waals surface area contributed by atoms with Crippen LogP contribution >= 0.6 is 0 Å². The van der Waals surface area contributed by atoms with Gasteiger partial charge in [0.2, 0.25) is 11.7 Å². The zero-order valence-corrected chi connectivity index (χ0v) is 17.1. The Labute approximate surface area is 173 Å². The van der Waals surface area contributed by atoms with Crippen molar-refractivity contribution in [1.82, 2.24) is 19.4 Å². The summed E-state index contributed by atoms with van der Waals surface area (Å²) in [6.07, 6.45) is 5.58. The zero-order valence-electron chi connectivity index (χ0n) is 17.1. The second kappa shape index (κ2) is 8.17. The van der Waals surface area contributed by atoms with Gasteiger partial charge in [-0.1, -0.05) is 0 Å². The van der Waals surface area contributed by atoms with Gasteiger partial charge in [0, 0.05) is 50.1 Å². The van der Waals surface area contributed by atoms with Crippen molar-refractivity contribution in [2.75, 3.05) is 20.2 Å². The van der Waals surface area contributed by atoms with Gasteiger partial charge in [0.15, 0.2) is 0 Å². The second-order valence-electron chi connectivity index (χ2n) is 7.66. The van der Waals surface area contributed by atoms with E-state index in [-0.39, 0.29) is 11.7 Å². The number of hydrogen-bond acceptors (Lipinski definition) is 5. The van der Waals surface area contributed by atoms with Gasteiger partial charge in [0.25, 0.3) is 0 Å². The Balaban J connectivity index is 1.35. The largest absolute Gasteiger partial charge is 0.497 e. The van der Waals surface area contributed by atoms with E-state index in [1.54, 1.807) is 18.6 Å². The van der Waals surface area contributed by atoms with Crippen LogP contribution in [0.25, 0.3) is 10.9 Å². The number of aromatic amines is 1. The van der Waals surface area contributed by atoms with Gasteiger partial charge in [-0.25, -0.2) is 0 Å². The summed E-state index contributed by atoms with van der Waals surface area (Å²) in [5, 5.41) is 12.0. The van der Waals surface area contributed by atoms with Crippen molar-refractivity contribution in [3.63, 3.8) is 0 Å². The van der Waals surface area contributed by atoms with Gasteiger partial charge in [-0.2, -0.15) is 0 Å². The van der Waals surface area contributed by atoms with Crippen LogP contribution in [0.2, 0.25) is 0 Å². The number of hydrogen-bond donors (Lipinski definition) is 1. The minimum Gasteiger partial charge on any atom is -0.497 e. The smallest absolute Gasteiger partial charge is 0.381 e. The van der Waals surface area contributed by atoms with Crippen molar-refractivity contribution in [2.24, 2.45) is 0 Å². The molecule has 158 valence electrons. The van der Waals surface area contributed by atoms with Gasteiger partial charge in [0.1, 0.15) is 11.9 Å². The molecule has 9 heteroatoms. The Morgan fingerprint density at radius 2 is 2.13 bits per heavy atom. The number of nitro groups is 1. The van der Waals surface area contributed by atoms with Crippen LogP contribution in [0.15, 0.2) is 30.6 Å². The van der Waals surface area contributed by atoms with E-state index in [1.165, 1.54) is 17.1 Å². The molecule has 0 saturated carbocycles. The molecule has 1 aliphatic heterocycles. The molecule has 1 fully saturated rings. The molecule has 30 heavy (non-hydrogen) atoms. The number of amides is 1. The predicted octanol–water partition coefficient (Wildman–Crippen LogP) is 3.39. The van der Waals surface area contributed by atoms with E-state index in [0.29, 0.717) is 37.8 Å². The molecule has 0 spiro atoms. The summed E-state index contributed by atoms with van der Waals surface area (Å²) in [6.45, 7) is 3.53. The number of imidazole rings is 1. The van der Waals surface area contributed by atoms with Gasteiger partial charge in [0.05, 0.1) is 7.11 Å². The minimum atomic E-state index is -0.517. The van der Waals surface area contributed by atoms with E-state index < -0.39 is 4.92 Å². The molecule has 2 aromatic heterocycles. The summed E-state index contributed by atoms with van der Waals surface area (Å²) >= 11 is 0. The van der Waals surface area contributed by atoms with E-state index in [1.807, 2.05) is 17.0 Å². The third-order valence-electron chi connectivity index (χ3n) is 5.93. The molecule has 1 N–H and O–H groups in total. The van der Waals surface area contributed by atoms with Gasteiger partial charge in [-0.05, 0) is 52.4 Å². The molecule has 3 heterocycles. The molecule has 0 unspecified atom stereocenters. The van der Waals surface area contributed by atoms with Gasteiger partial charge < -0.3 is 29.3 Å². The zero-order chi connectivity index (χ0) is 21.3. The molecule has 0 bridgehead atoms. The van der Waals surface area contributed by atoms with E-state index >= 15 is 0 Å². The highest BCUT2D eigenvalue weighted by Gasteiger charge is 2.26. The highest BCUT2D eigenvalue weighted by atomic mass is 16.6. The maximum absolute atomic E-state index is 12.6. The van der Waals surface area contributed by atoms with E-state index in [2.05, 4.69) is 22.2 Å². The topological polar surface area (TPSA) is 106 Å². The minimum absolute atomic E-state index is 0.0739. The first-order valence-electron chi connectivity index (χ1n) is 10.1. The number of nitrogens with zero attached hydrogens (tertiary/aromatic N) is 4. The Bertz CT molecular complexity index is 1080. The van der Waals surface area contributed by atoms with Gasteiger partial charge in [-0.15, -0.1) is 0 Å². The fraction of sp³-hybridized carbons (Fsp3) is 0.429. The number of methoxy groups -OCH3 is 1. The lowest BCUT2D eigenvalue weighted by atomic mass is 9.89. The standard InChI is InChI=1S/C21H25N5O4/c1-14-23-20(26(28)29)13-25(14)10-7-21(27)24-8-5-15(6-9-24)18-12-22-19-4-3-16(30-2)11-17(18)19/h3-4,11-13,15,22H,5-10H2,1-2H3. The number of fused-ring (bicyclic) bond motifs is 1. The van der Waals surface area contributed by atoms with Crippen molar-refractivity contribution in [2.45, 2.75) is 38.6 Å². The fourth-order valence-electron chi connectivity index (χ4n) is 4.21. The molecule has 4 rings (SSSR count). The van der Waals surface area contributed by atoms with Crippen molar-refractivity contribution in [3.05, 3.63) is 52.1 Å². The van der Waals surface area contributed by atoms with Crippen LogP contribution in [0.3, 0.4) is 0 Å². The Morgan fingerprint density at radius 3 is 2.80 bits per heavy atom. The molecule has 1 saturated heterocycles. The van der Waals surface area contributed by atoms with Crippen LogP contribution in [0.5, 0.6) is 5.75 Å². The van der Waals surface area contributed by atoms with Crippen LogP contribution in [0, 0.1) is 17.0 Å². The normalized spacial score (nSPS) is 14.9. The summed E-state index contributed by atoms with van der Waals surface area (Å²) in [5.41, 5.74) is 2.37. The van der Waals surface area contributed by atoms with E-state index in [0.717, 1.165) is 24.1 Å². The van der Waals surface area contributed by atoms with Crippen LogP contribution < -0.4 is 4.74 Å². The molecule has 0 atom stereocenters. The quantitative estimate of drug-likeness (QED) is 0.494. The number of benzene rings is 1. The summed E-state index contributed by atoms with van der Waals surface area (Å²) in [4.78, 5) is 32.1.